The number of rotatable bonds is 10. The number of carbonyl (C=O) groups is 1. The zero-order valence-electron chi connectivity index (χ0n) is 24.9. The molecular weight excluding hydrogens is 597 g/mol. The van der Waals surface area contributed by atoms with Crippen LogP contribution in [0, 0.1) is 11.3 Å². The molecule has 6 rings (SSSR count). The van der Waals surface area contributed by atoms with Gasteiger partial charge >= 0.3 is 0 Å². The molecule has 1 amide bonds. The summed E-state index contributed by atoms with van der Waals surface area (Å²) in [6.45, 7) is 3.84. The Morgan fingerprint density at radius 1 is 1.02 bits per heavy atom. The van der Waals surface area contributed by atoms with Crippen molar-refractivity contribution in [2.75, 3.05) is 19.6 Å². The van der Waals surface area contributed by atoms with E-state index in [1.807, 2.05) is 35.3 Å². The number of carbonyl (C=O) groups excluding carboxylic acids is 1. The number of hydrogen-bond donors (Lipinski definition) is 1. The van der Waals surface area contributed by atoms with E-state index < -0.39 is 5.91 Å². The average molecular weight is 637 g/mol. The van der Waals surface area contributed by atoms with Gasteiger partial charge in [0.2, 0.25) is 0 Å². The lowest BCUT2D eigenvalue weighted by atomic mass is 9.63. The van der Waals surface area contributed by atoms with Crippen molar-refractivity contribution in [1.29, 1.82) is 0 Å². The third kappa shape index (κ3) is 7.36. The van der Waals surface area contributed by atoms with Crippen molar-refractivity contribution in [3.05, 3.63) is 92.8 Å². The van der Waals surface area contributed by atoms with Gasteiger partial charge in [-0.05, 0) is 98.8 Å². The van der Waals surface area contributed by atoms with Crippen LogP contribution < -0.4 is 10.7 Å². The Kier molecular flexibility index (Phi) is 9.69. The fourth-order valence-electron chi connectivity index (χ4n) is 7.23. The first-order chi connectivity index (χ1) is 21.4. The van der Waals surface area contributed by atoms with Gasteiger partial charge < -0.3 is 14.6 Å². The maximum atomic E-state index is 13.4. The van der Waals surface area contributed by atoms with Crippen molar-refractivity contribution in [2.45, 2.75) is 70.4 Å². The van der Waals surface area contributed by atoms with Gasteiger partial charge in [0.15, 0.2) is 11.2 Å². The highest BCUT2D eigenvalue weighted by atomic mass is 35.5. The number of fused-ring (bicyclic) bond motifs is 1. The highest BCUT2D eigenvalue weighted by molar-refractivity contribution is 6.31. The lowest BCUT2D eigenvalue weighted by molar-refractivity contribution is 0.0104. The molecule has 0 radical (unpaired) electrons. The molecule has 0 unspecified atom stereocenters. The minimum atomic E-state index is -0.402. The summed E-state index contributed by atoms with van der Waals surface area (Å²) in [5.41, 5.74) is 1.37. The van der Waals surface area contributed by atoms with Gasteiger partial charge in [-0.25, -0.2) is 4.98 Å². The van der Waals surface area contributed by atoms with Crippen molar-refractivity contribution in [3.8, 4) is 0 Å². The Morgan fingerprint density at radius 2 is 1.77 bits per heavy atom. The monoisotopic (exact) mass is 635 g/mol. The van der Waals surface area contributed by atoms with Crippen LogP contribution in [0.1, 0.15) is 67.5 Å². The summed E-state index contributed by atoms with van der Waals surface area (Å²) in [6.07, 6.45) is 13.8. The summed E-state index contributed by atoms with van der Waals surface area (Å²) in [6, 6.07) is 13.6. The van der Waals surface area contributed by atoms with Crippen LogP contribution in [0.5, 0.6) is 0 Å². The highest BCUT2D eigenvalue weighted by Crippen LogP contribution is 2.47. The highest BCUT2D eigenvalue weighted by Gasteiger charge is 2.42. The smallest absolute Gasteiger partial charge is 0.287 e. The summed E-state index contributed by atoms with van der Waals surface area (Å²) in [5.74, 6) is 0.321. The van der Waals surface area contributed by atoms with Crippen molar-refractivity contribution in [3.63, 3.8) is 0 Å². The predicted octanol–water partition coefficient (Wildman–Crippen LogP) is 6.79. The van der Waals surface area contributed by atoms with Crippen LogP contribution in [0.4, 0.5) is 0 Å². The van der Waals surface area contributed by atoms with Crippen molar-refractivity contribution in [1.82, 2.24) is 25.0 Å². The van der Waals surface area contributed by atoms with Gasteiger partial charge in [0.1, 0.15) is 18.2 Å². The van der Waals surface area contributed by atoms with E-state index in [0.29, 0.717) is 27.4 Å². The van der Waals surface area contributed by atoms with Gasteiger partial charge in [-0.15, -0.1) is 0 Å². The van der Waals surface area contributed by atoms with Gasteiger partial charge in [-0.2, -0.15) is 5.10 Å². The van der Waals surface area contributed by atoms with E-state index in [-0.39, 0.29) is 22.6 Å². The minimum absolute atomic E-state index is 0.00530. The van der Waals surface area contributed by atoms with Crippen LogP contribution in [0.15, 0.2) is 70.4 Å². The molecule has 1 aliphatic heterocycles. The van der Waals surface area contributed by atoms with Crippen LogP contribution in [-0.4, -0.2) is 51.2 Å². The molecule has 2 fully saturated rings. The van der Waals surface area contributed by atoms with E-state index in [9.17, 15) is 9.59 Å². The Hall–Kier alpha value is -3.20. The average Bonchev–Trinajstić information content (AvgIpc) is 3.55. The van der Waals surface area contributed by atoms with Crippen LogP contribution in [0.3, 0.4) is 0 Å². The van der Waals surface area contributed by atoms with Gasteiger partial charge in [0.05, 0.1) is 5.39 Å². The Balaban J connectivity index is 1.14. The summed E-state index contributed by atoms with van der Waals surface area (Å²) in [5, 5.41) is 9.09. The fourth-order valence-corrected chi connectivity index (χ4v) is 7.53. The Labute approximate surface area is 267 Å². The molecule has 0 spiro atoms. The topological polar surface area (TPSA) is 93.3 Å². The summed E-state index contributed by atoms with van der Waals surface area (Å²) < 4.78 is 7.86. The van der Waals surface area contributed by atoms with Crippen molar-refractivity contribution < 1.29 is 9.21 Å². The van der Waals surface area contributed by atoms with Crippen LogP contribution in [0.25, 0.3) is 11.0 Å². The first kappa shape index (κ1) is 30.8. The van der Waals surface area contributed by atoms with Crippen LogP contribution >= 0.6 is 23.2 Å². The molecule has 0 bridgehead atoms. The summed E-state index contributed by atoms with van der Waals surface area (Å²) in [7, 11) is 0. The third-order valence-electron chi connectivity index (χ3n) is 9.70. The zero-order chi connectivity index (χ0) is 30.5. The molecule has 4 aromatic rings. The number of amides is 1. The SMILES string of the molecule is O=C(N[C@H](CCN1CCC(Cn2cncn2)(C2CCCCC2)CC1)Cc1ccc(Cl)cc1)c1cc(=O)c2cc(Cl)ccc2o1. The first-order valence-corrected chi connectivity index (χ1v) is 16.5. The molecule has 2 aliphatic rings. The molecule has 2 aromatic carbocycles. The molecule has 10 heteroatoms. The fraction of sp³-hybridized carbons (Fsp3) is 0.471. The van der Waals surface area contributed by atoms with Crippen molar-refractivity contribution >= 4 is 40.1 Å². The quantitative estimate of drug-likeness (QED) is 0.206. The molecule has 1 N–H and O–H groups in total. The summed E-state index contributed by atoms with van der Waals surface area (Å²) in [4.78, 5) is 32.9. The van der Waals surface area contributed by atoms with E-state index in [1.165, 1.54) is 38.2 Å². The number of nitrogens with zero attached hydrogens (tertiary/aromatic N) is 4. The Morgan fingerprint density at radius 3 is 2.50 bits per heavy atom. The first-order valence-electron chi connectivity index (χ1n) is 15.7. The predicted molar refractivity (Wildman–Crippen MR) is 173 cm³/mol. The van der Waals surface area contributed by atoms with Gasteiger partial charge in [0, 0.05) is 35.2 Å². The Bertz CT molecular complexity index is 1610. The number of piperidine rings is 1. The molecule has 1 saturated carbocycles. The molecular formula is C34H39Cl2N5O3. The normalized spacial score (nSPS) is 18.3. The molecule has 44 heavy (non-hydrogen) atoms. The van der Waals surface area contributed by atoms with E-state index in [0.717, 1.165) is 56.9 Å². The minimum Gasteiger partial charge on any atom is -0.451 e. The number of hydrogen-bond acceptors (Lipinski definition) is 6. The molecule has 2 aromatic heterocycles. The van der Waals surface area contributed by atoms with Gasteiger partial charge in [0.25, 0.3) is 5.91 Å². The maximum Gasteiger partial charge on any atom is 0.287 e. The number of nitrogens with one attached hydrogen (secondary N) is 1. The largest absolute Gasteiger partial charge is 0.451 e. The molecule has 1 atom stereocenters. The number of benzene rings is 2. The summed E-state index contributed by atoms with van der Waals surface area (Å²) >= 11 is 12.2. The van der Waals surface area contributed by atoms with Crippen molar-refractivity contribution in [2.24, 2.45) is 11.3 Å². The number of halogens is 2. The molecule has 232 valence electrons. The van der Waals surface area contributed by atoms with E-state index >= 15 is 0 Å². The van der Waals surface area contributed by atoms with Gasteiger partial charge in [-0.3, -0.25) is 14.3 Å². The second-order valence-corrected chi connectivity index (χ2v) is 13.4. The van der Waals surface area contributed by atoms with E-state index in [4.69, 9.17) is 27.6 Å². The second kappa shape index (κ2) is 13.8. The lowest BCUT2D eigenvalue weighted by Gasteiger charge is -2.48. The van der Waals surface area contributed by atoms with Crippen LogP contribution in [0.2, 0.25) is 10.0 Å². The molecule has 1 saturated heterocycles. The zero-order valence-corrected chi connectivity index (χ0v) is 26.4. The van der Waals surface area contributed by atoms with E-state index in [2.05, 4.69) is 20.3 Å². The number of aromatic nitrogens is 3. The lowest BCUT2D eigenvalue weighted by Crippen LogP contribution is -2.48. The molecule has 3 heterocycles. The third-order valence-corrected chi connectivity index (χ3v) is 10.2. The maximum absolute atomic E-state index is 13.4. The number of likely N-dealkylation sites (tertiary alicyclic amines) is 1. The van der Waals surface area contributed by atoms with Gasteiger partial charge in [-0.1, -0.05) is 54.6 Å². The molecule has 8 nitrogen and oxygen atoms in total. The standard InChI is InChI=1S/C34H39Cl2N5O3/c35-26-8-6-24(7-9-26)18-28(39-33(43)32-20-30(42)29-19-27(36)10-11-31(29)44-32)12-15-40-16-13-34(14-17-40,21-41-23-37-22-38-41)25-4-2-1-3-5-25/h6-11,19-20,22-23,25,28H,1-5,12-18,21H2,(H,39,43)/t28-/m1/s1. The van der Waals surface area contributed by atoms with E-state index in [1.54, 1.807) is 24.5 Å². The van der Waals surface area contributed by atoms with Crippen LogP contribution in [-0.2, 0) is 13.0 Å². The second-order valence-electron chi connectivity index (χ2n) is 12.5. The molecule has 1 aliphatic carbocycles.